The summed E-state index contributed by atoms with van der Waals surface area (Å²) in [5.74, 6) is -0.163. The molecule has 1 aliphatic rings. The van der Waals surface area contributed by atoms with Crippen LogP contribution in [0.3, 0.4) is 0 Å². The summed E-state index contributed by atoms with van der Waals surface area (Å²) in [6, 6.07) is 15.4. The molecule has 8 nitrogen and oxygen atoms in total. The molecule has 3 aromatic carbocycles. The number of nitrogens with two attached hydrogens (primary N) is 1. The first-order valence-electron chi connectivity index (χ1n) is 11.1. The Labute approximate surface area is 218 Å². The summed E-state index contributed by atoms with van der Waals surface area (Å²) in [7, 11) is -2.08. The molecule has 2 N–H and O–H groups in total. The summed E-state index contributed by atoms with van der Waals surface area (Å²) in [6.45, 7) is 1.00. The lowest BCUT2D eigenvalue weighted by molar-refractivity contribution is 0.0730. The number of aromatic nitrogens is 2. The molecule has 1 aliphatic heterocycles. The predicted molar refractivity (Wildman–Crippen MR) is 140 cm³/mol. The van der Waals surface area contributed by atoms with Crippen LogP contribution in [0.25, 0.3) is 33.5 Å². The van der Waals surface area contributed by atoms with Gasteiger partial charge in [0.25, 0.3) is 0 Å². The molecule has 0 bridgehead atoms. The van der Waals surface area contributed by atoms with Crippen molar-refractivity contribution in [2.45, 2.75) is 4.90 Å². The number of ether oxygens (including phenoxy) is 1. The summed E-state index contributed by atoms with van der Waals surface area (Å²) in [6.07, 6.45) is 0. The van der Waals surface area contributed by atoms with Gasteiger partial charge in [-0.15, -0.1) is 0 Å². The van der Waals surface area contributed by atoms with Crippen LogP contribution in [-0.4, -0.2) is 54.5 Å². The van der Waals surface area contributed by atoms with Crippen LogP contribution in [0.15, 0.2) is 59.5 Å². The molecule has 11 heteroatoms. The van der Waals surface area contributed by atoms with Crippen molar-refractivity contribution in [2.24, 2.45) is 12.8 Å². The van der Waals surface area contributed by atoms with E-state index in [1.807, 2.05) is 35.9 Å². The molecular formula is C25H22Cl2N4O4S. The van der Waals surface area contributed by atoms with Crippen molar-refractivity contribution < 1.29 is 17.9 Å². The highest BCUT2D eigenvalue weighted by Gasteiger charge is 2.31. The van der Waals surface area contributed by atoms with Gasteiger partial charge in [-0.25, -0.2) is 13.4 Å². The van der Waals surface area contributed by atoms with Gasteiger partial charge in [-0.1, -0.05) is 41.4 Å². The van der Waals surface area contributed by atoms with Crippen molar-refractivity contribution in [3.63, 3.8) is 0 Å². The van der Waals surface area contributed by atoms with Crippen LogP contribution < -0.4 is 5.73 Å². The fourth-order valence-electron chi connectivity index (χ4n) is 4.40. The second kappa shape index (κ2) is 9.49. The Morgan fingerprint density at radius 3 is 2.47 bits per heavy atom. The third-order valence-electron chi connectivity index (χ3n) is 6.24. The lowest BCUT2D eigenvalue weighted by Crippen LogP contribution is -2.40. The zero-order chi connectivity index (χ0) is 25.6. The normalized spacial score (nSPS) is 14.9. The third-order valence-corrected chi connectivity index (χ3v) is 8.90. The Hall–Kier alpha value is -2.95. The molecule has 1 amide bonds. The smallest absolute Gasteiger partial charge is 0.250 e. The molecule has 5 rings (SSSR count). The largest absolute Gasteiger partial charge is 0.379 e. The van der Waals surface area contributed by atoms with Gasteiger partial charge in [0.15, 0.2) is 0 Å². The number of nitrogens with zero attached hydrogens (tertiary/aromatic N) is 3. The first-order chi connectivity index (χ1) is 17.2. The zero-order valence-electron chi connectivity index (χ0n) is 19.2. The molecule has 1 saturated heterocycles. The van der Waals surface area contributed by atoms with Crippen LogP contribution in [0.5, 0.6) is 0 Å². The van der Waals surface area contributed by atoms with Crippen LogP contribution in [-0.2, 0) is 21.8 Å². The Morgan fingerprint density at radius 1 is 1.06 bits per heavy atom. The lowest BCUT2D eigenvalue weighted by atomic mass is 10.00. The monoisotopic (exact) mass is 544 g/mol. The Kier molecular flexibility index (Phi) is 6.52. The number of hydrogen-bond acceptors (Lipinski definition) is 5. The quantitative estimate of drug-likeness (QED) is 0.402. The van der Waals surface area contributed by atoms with E-state index in [0.29, 0.717) is 35.2 Å². The Bertz CT molecular complexity index is 1610. The average molecular weight is 545 g/mol. The van der Waals surface area contributed by atoms with Gasteiger partial charge in [-0.05, 0) is 42.0 Å². The Balaban J connectivity index is 1.74. The summed E-state index contributed by atoms with van der Waals surface area (Å²) >= 11 is 13.2. The molecule has 186 valence electrons. The molecule has 0 unspecified atom stereocenters. The van der Waals surface area contributed by atoms with Gasteiger partial charge in [0.1, 0.15) is 5.82 Å². The predicted octanol–water partition coefficient (Wildman–Crippen LogP) is 4.33. The van der Waals surface area contributed by atoms with Gasteiger partial charge in [0, 0.05) is 31.3 Å². The fraction of sp³-hybridized carbons (Fsp3) is 0.200. The van der Waals surface area contributed by atoms with E-state index in [-0.39, 0.29) is 34.1 Å². The molecule has 0 radical (unpaired) electrons. The van der Waals surface area contributed by atoms with Gasteiger partial charge in [-0.3, -0.25) is 4.79 Å². The minimum Gasteiger partial charge on any atom is -0.379 e. The standard InChI is InChI=1S/C25H22Cl2N4O4S/c1-30-20-5-3-2-4-19(20)29-25(30)17-14-15(6-8-18(17)26)22-21(9-7-16(23(22)27)24(28)32)36(33,34)31-10-12-35-13-11-31/h2-9,14H,10-13H2,1H3,(H2,28,32). The molecule has 36 heavy (non-hydrogen) atoms. The lowest BCUT2D eigenvalue weighted by Gasteiger charge is -2.27. The summed E-state index contributed by atoms with van der Waals surface area (Å²) < 4.78 is 35.9. The maximum Gasteiger partial charge on any atom is 0.250 e. The first-order valence-corrected chi connectivity index (χ1v) is 13.3. The van der Waals surface area contributed by atoms with Crippen LogP contribution >= 0.6 is 23.2 Å². The molecule has 1 fully saturated rings. The number of hydrogen-bond donors (Lipinski definition) is 1. The summed E-state index contributed by atoms with van der Waals surface area (Å²) in [5, 5.41) is 0.382. The highest BCUT2D eigenvalue weighted by molar-refractivity contribution is 7.89. The van der Waals surface area contributed by atoms with Crippen molar-refractivity contribution in [1.29, 1.82) is 0 Å². The Morgan fingerprint density at radius 2 is 1.78 bits per heavy atom. The fourth-order valence-corrected chi connectivity index (χ4v) is 6.65. The molecule has 0 aliphatic carbocycles. The van der Waals surface area contributed by atoms with Crippen LogP contribution in [0.4, 0.5) is 0 Å². The van der Waals surface area contributed by atoms with Gasteiger partial charge in [0.2, 0.25) is 15.9 Å². The maximum absolute atomic E-state index is 13.7. The number of morpholine rings is 1. The molecule has 0 spiro atoms. The number of benzene rings is 3. The highest BCUT2D eigenvalue weighted by Crippen LogP contribution is 2.41. The molecule has 0 atom stereocenters. The minimum atomic E-state index is -3.96. The molecular weight excluding hydrogens is 523 g/mol. The van der Waals surface area contributed by atoms with Gasteiger partial charge < -0.3 is 15.0 Å². The van der Waals surface area contributed by atoms with Crippen molar-refractivity contribution >= 4 is 50.2 Å². The number of primary amides is 1. The van der Waals surface area contributed by atoms with Crippen LogP contribution in [0, 0.1) is 0 Å². The SMILES string of the molecule is Cn1c(-c2cc(-c3c(S(=O)(=O)N4CCOCC4)ccc(C(N)=O)c3Cl)ccc2Cl)nc2ccccc21. The van der Waals surface area contributed by atoms with Crippen molar-refractivity contribution in [3.05, 3.63) is 70.2 Å². The van der Waals surface area contributed by atoms with E-state index in [0.717, 1.165) is 11.0 Å². The number of para-hydroxylation sites is 2. The van der Waals surface area contributed by atoms with E-state index in [2.05, 4.69) is 0 Å². The number of imidazole rings is 1. The number of carbonyl (C=O) groups is 1. The topological polar surface area (TPSA) is 108 Å². The van der Waals surface area contributed by atoms with Gasteiger partial charge in [0.05, 0.1) is 44.8 Å². The molecule has 2 heterocycles. The first kappa shape index (κ1) is 24.7. The number of amides is 1. The second-order valence-corrected chi connectivity index (χ2v) is 11.1. The molecule has 4 aromatic rings. The van der Waals surface area contributed by atoms with Crippen LogP contribution in [0.1, 0.15) is 10.4 Å². The van der Waals surface area contributed by atoms with E-state index in [1.165, 1.54) is 16.4 Å². The third kappa shape index (κ3) is 4.16. The number of fused-ring (bicyclic) bond motifs is 1. The summed E-state index contributed by atoms with van der Waals surface area (Å²) in [5.41, 5.74) is 8.49. The number of rotatable bonds is 5. The van der Waals surface area contributed by atoms with E-state index in [4.69, 9.17) is 38.7 Å². The second-order valence-electron chi connectivity index (χ2n) is 8.36. The maximum atomic E-state index is 13.7. The van der Waals surface area contributed by atoms with E-state index >= 15 is 0 Å². The number of carbonyl (C=O) groups excluding carboxylic acids is 1. The van der Waals surface area contributed by atoms with Crippen molar-refractivity contribution in [2.75, 3.05) is 26.3 Å². The van der Waals surface area contributed by atoms with E-state index < -0.39 is 15.9 Å². The zero-order valence-corrected chi connectivity index (χ0v) is 21.6. The van der Waals surface area contributed by atoms with Crippen molar-refractivity contribution in [1.82, 2.24) is 13.9 Å². The van der Waals surface area contributed by atoms with E-state index in [1.54, 1.807) is 18.2 Å². The van der Waals surface area contributed by atoms with E-state index in [9.17, 15) is 13.2 Å². The number of sulfonamides is 1. The molecule has 0 saturated carbocycles. The minimum absolute atomic E-state index is 0.0202. The summed E-state index contributed by atoms with van der Waals surface area (Å²) in [4.78, 5) is 16.8. The van der Waals surface area contributed by atoms with Crippen LogP contribution in [0.2, 0.25) is 10.0 Å². The van der Waals surface area contributed by atoms with Gasteiger partial charge in [-0.2, -0.15) is 4.31 Å². The highest BCUT2D eigenvalue weighted by atomic mass is 35.5. The number of aryl methyl sites for hydroxylation is 1. The van der Waals surface area contributed by atoms with Gasteiger partial charge >= 0.3 is 0 Å². The molecule has 1 aromatic heterocycles. The van der Waals surface area contributed by atoms with Crippen molar-refractivity contribution in [3.8, 4) is 22.5 Å². The number of halogens is 2. The average Bonchev–Trinajstić information content (AvgIpc) is 3.21.